The highest BCUT2D eigenvalue weighted by atomic mass is 16.2. The Labute approximate surface area is 107 Å². The number of aromatic nitrogens is 1. The van der Waals surface area contributed by atoms with E-state index in [1.54, 1.807) is 6.07 Å². The lowest BCUT2D eigenvalue weighted by Gasteiger charge is -2.38. The van der Waals surface area contributed by atoms with Crippen LogP contribution in [0, 0.1) is 5.41 Å². The summed E-state index contributed by atoms with van der Waals surface area (Å²) in [6, 6.07) is 3.04. The van der Waals surface area contributed by atoms with Crippen LogP contribution in [0.15, 0.2) is 23.1 Å². The van der Waals surface area contributed by atoms with Crippen molar-refractivity contribution in [2.24, 2.45) is 5.41 Å². The zero-order valence-electron chi connectivity index (χ0n) is 11.0. The summed E-state index contributed by atoms with van der Waals surface area (Å²) in [6.07, 6.45) is 4.76. The third kappa shape index (κ3) is 2.63. The fraction of sp³-hybridized carbons (Fsp3) is 0.571. The number of hydrogen-bond acceptors (Lipinski definition) is 2. The quantitative estimate of drug-likeness (QED) is 0.870. The molecule has 18 heavy (non-hydrogen) atoms. The van der Waals surface area contributed by atoms with Gasteiger partial charge >= 0.3 is 0 Å². The van der Waals surface area contributed by atoms with Gasteiger partial charge in [-0.25, -0.2) is 0 Å². The minimum atomic E-state index is -0.226. The number of aromatic amines is 1. The van der Waals surface area contributed by atoms with Crippen molar-refractivity contribution < 1.29 is 4.79 Å². The van der Waals surface area contributed by atoms with Gasteiger partial charge in [0.1, 0.15) is 0 Å². The number of hydrogen-bond donors (Lipinski definition) is 1. The van der Waals surface area contributed by atoms with Crippen LogP contribution in [-0.2, 0) is 0 Å². The maximum atomic E-state index is 12.2. The van der Waals surface area contributed by atoms with Crippen LogP contribution in [0.1, 0.15) is 43.5 Å². The lowest BCUT2D eigenvalue weighted by Crippen LogP contribution is -2.42. The summed E-state index contributed by atoms with van der Waals surface area (Å²) in [7, 11) is 0. The standard InChI is InChI=1S/C14H20N2O2/c1-3-14(2)5-8-16(9-6-14)13(18)11-4-7-15-12(17)10-11/h4,7,10H,3,5-6,8-9H2,1-2H3,(H,15,17). The Morgan fingerprint density at radius 1 is 1.44 bits per heavy atom. The molecule has 2 heterocycles. The van der Waals surface area contributed by atoms with Crippen molar-refractivity contribution >= 4 is 5.91 Å². The average molecular weight is 248 g/mol. The molecule has 1 aromatic rings. The molecule has 1 aromatic heterocycles. The van der Waals surface area contributed by atoms with Crippen molar-refractivity contribution in [2.45, 2.75) is 33.1 Å². The molecule has 1 amide bonds. The average Bonchev–Trinajstić information content (AvgIpc) is 2.39. The van der Waals surface area contributed by atoms with Crippen molar-refractivity contribution in [2.75, 3.05) is 13.1 Å². The molecular weight excluding hydrogens is 228 g/mol. The van der Waals surface area contributed by atoms with Gasteiger partial charge in [0.2, 0.25) is 5.56 Å². The fourth-order valence-electron chi connectivity index (χ4n) is 2.36. The molecule has 0 spiro atoms. The van der Waals surface area contributed by atoms with E-state index < -0.39 is 0 Å². The molecule has 98 valence electrons. The highest BCUT2D eigenvalue weighted by Gasteiger charge is 2.30. The molecule has 1 saturated heterocycles. The highest BCUT2D eigenvalue weighted by molar-refractivity contribution is 5.94. The Balaban J connectivity index is 2.06. The van der Waals surface area contributed by atoms with E-state index in [0.717, 1.165) is 32.4 Å². The second-order valence-corrected chi connectivity index (χ2v) is 5.40. The summed E-state index contributed by atoms with van der Waals surface area (Å²) >= 11 is 0. The van der Waals surface area contributed by atoms with Crippen LogP contribution in [0.25, 0.3) is 0 Å². The number of carbonyl (C=O) groups is 1. The van der Waals surface area contributed by atoms with Crippen LogP contribution < -0.4 is 5.56 Å². The van der Waals surface area contributed by atoms with E-state index in [1.807, 2.05) is 4.90 Å². The molecule has 4 nitrogen and oxygen atoms in total. The molecule has 0 unspecified atom stereocenters. The number of nitrogens with one attached hydrogen (secondary N) is 1. The van der Waals surface area contributed by atoms with Gasteiger partial charge in [-0.3, -0.25) is 9.59 Å². The maximum Gasteiger partial charge on any atom is 0.254 e. The SMILES string of the molecule is CCC1(C)CCN(C(=O)c2cc[nH]c(=O)c2)CC1. The van der Waals surface area contributed by atoms with E-state index in [2.05, 4.69) is 18.8 Å². The largest absolute Gasteiger partial charge is 0.339 e. The minimum Gasteiger partial charge on any atom is -0.339 e. The monoisotopic (exact) mass is 248 g/mol. The Bertz CT molecular complexity index is 485. The molecule has 0 radical (unpaired) electrons. The van der Waals surface area contributed by atoms with E-state index in [-0.39, 0.29) is 11.5 Å². The second-order valence-electron chi connectivity index (χ2n) is 5.40. The fourth-order valence-corrected chi connectivity index (χ4v) is 2.36. The van der Waals surface area contributed by atoms with Crippen molar-refractivity contribution in [3.05, 3.63) is 34.2 Å². The number of nitrogens with zero attached hydrogens (tertiary/aromatic N) is 1. The lowest BCUT2D eigenvalue weighted by atomic mass is 9.78. The third-order valence-electron chi connectivity index (χ3n) is 4.13. The smallest absolute Gasteiger partial charge is 0.254 e. The molecule has 0 atom stereocenters. The second kappa shape index (κ2) is 4.96. The lowest BCUT2D eigenvalue weighted by molar-refractivity contribution is 0.0600. The van der Waals surface area contributed by atoms with Gasteiger partial charge in [0.15, 0.2) is 0 Å². The van der Waals surface area contributed by atoms with Gasteiger partial charge < -0.3 is 9.88 Å². The topological polar surface area (TPSA) is 53.2 Å². The zero-order chi connectivity index (χ0) is 13.2. The first kappa shape index (κ1) is 12.9. The summed E-state index contributed by atoms with van der Waals surface area (Å²) in [5.74, 6) is -0.0285. The first-order valence-corrected chi connectivity index (χ1v) is 6.52. The van der Waals surface area contributed by atoms with E-state index in [1.165, 1.54) is 12.3 Å². The molecule has 2 rings (SSSR count). The molecule has 0 aliphatic carbocycles. The van der Waals surface area contributed by atoms with Gasteiger partial charge in [0.25, 0.3) is 5.91 Å². The van der Waals surface area contributed by atoms with Crippen molar-refractivity contribution in [1.29, 1.82) is 0 Å². The predicted molar refractivity (Wildman–Crippen MR) is 70.6 cm³/mol. The van der Waals surface area contributed by atoms with Crippen LogP contribution >= 0.6 is 0 Å². The molecule has 4 heteroatoms. The first-order chi connectivity index (χ1) is 8.54. The van der Waals surface area contributed by atoms with Crippen LogP contribution in [-0.4, -0.2) is 28.9 Å². The zero-order valence-corrected chi connectivity index (χ0v) is 11.0. The van der Waals surface area contributed by atoms with Crippen LogP contribution in [0.3, 0.4) is 0 Å². The van der Waals surface area contributed by atoms with E-state index in [4.69, 9.17) is 0 Å². The highest BCUT2D eigenvalue weighted by Crippen LogP contribution is 2.34. The summed E-state index contributed by atoms with van der Waals surface area (Å²) in [5.41, 5.74) is 0.625. The number of likely N-dealkylation sites (tertiary alicyclic amines) is 1. The molecular formula is C14H20N2O2. The van der Waals surface area contributed by atoms with Gasteiger partial charge in [-0.15, -0.1) is 0 Å². The normalized spacial score (nSPS) is 18.7. The molecule has 1 N–H and O–H groups in total. The molecule has 0 aromatic carbocycles. The van der Waals surface area contributed by atoms with Gasteiger partial charge in [-0.2, -0.15) is 0 Å². The molecule has 0 bridgehead atoms. The van der Waals surface area contributed by atoms with Gasteiger partial charge in [0, 0.05) is 30.9 Å². The number of H-pyrrole nitrogens is 1. The van der Waals surface area contributed by atoms with Crippen LogP contribution in [0.5, 0.6) is 0 Å². The molecule has 1 fully saturated rings. The number of amides is 1. The summed E-state index contributed by atoms with van der Waals surface area (Å²) in [6.45, 7) is 6.06. The van der Waals surface area contributed by atoms with Crippen molar-refractivity contribution in [3.63, 3.8) is 0 Å². The Morgan fingerprint density at radius 2 is 2.11 bits per heavy atom. The molecule has 0 saturated carbocycles. The number of carbonyl (C=O) groups excluding carboxylic acids is 1. The summed E-state index contributed by atoms with van der Waals surface area (Å²) in [5, 5.41) is 0. The molecule has 1 aliphatic heterocycles. The van der Waals surface area contributed by atoms with Gasteiger partial charge in [0.05, 0.1) is 0 Å². The summed E-state index contributed by atoms with van der Waals surface area (Å²) < 4.78 is 0. The predicted octanol–water partition coefficient (Wildman–Crippen LogP) is 2.03. The Hall–Kier alpha value is -1.58. The Kier molecular flexibility index (Phi) is 3.55. The maximum absolute atomic E-state index is 12.2. The van der Waals surface area contributed by atoms with Crippen molar-refractivity contribution in [1.82, 2.24) is 9.88 Å². The first-order valence-electron chi connectivity index (χ1n) is 6.52. The number of piperidine rings is 1. The molecule has 1 aliphatic rings. The number of pyridine rings is 1. The summed E-state index contributed by atoms with van der Waals surface area (Å²) in [4.78, 5) is 27.8. The van der Waals surface area contributed by atoms with E-state index in [9.17, 15) is 9.59 Å². The van der Waals surface area contributed by atoms with Gasteiger partial charge in [-0.1, -0.05) is 20.3 Å². The Morgan fingerprint density at radius 3 is 2.67 bits per heavy atom. The van der Waals surface area contributed by atoms with Crippen molar-refractivity contribution in [3.8, 4) is 0 Å². The van der Waals surface area contributed by atoms with Crippen LogP contribution in [0.4, 0.5) is 0 Å². The van der Waals surface area contributed by atoms with Gasteiger partial charge in [-0.05, 0) is 24.3 Å². The van der Waals surface area contributed by atoms with E-state index in [0.29, 0.717) is 11.0 Å². The third-order valence-corrected chi connectivity index (χ3v) is 4.13. The van der Waals surface area contributed by atoms with Crippen LogP contribution in [0.2, 0.25) is 0 Å². The number of rotatable bonds is 2. The van der Waals surface area contributed by atoms with E-state index >= 15 is 0 Å². The minimum absolute atomic E-state index is 0.0285.